The van der Waals surface area contributed by atoms with Crippen LogP contribution in [0, 0.1) is 5.82 Å². The molecule has 0 spiro atoms. The van der Waals surface area contributed by atoms with E-state index >= 15 is 0 Å². The Bertz CT molecular complexity index is 566. The molecule has 0 amide bonds. The molecule has 98 valence electrons. The molecule has 0 saturated carbocycles. The molecule has 0 radical (unpaired) electrons. The summed E-state index contributed by atoms with van der Waals surface area (Å²) in [4.78, 5) is 13.1. The largest absolute Gasteiger partial charge is 0.293 e. The normalized spacial score (nSPS) is 12.2. The minimum absolute atomic E-state index is 0.0333. The fraction of sp³-hybridized carbons (Fsp3) is 0.133. The number of rotatable bonds is 4. The van der Waals surface area contributed by atoms with Gasteiger partial charge in [-0.25, -0.2) is 4.39 Å². The highest BCUT2D eigenvalue weighted by Crippen LogP contribution is 2.26. The third-order valence-electron chi connectivity index (χ3n) is 2.62. The van der Waals surface area contributed by atoms with Gasteiger partial charge in [0.25, 0.3) is 0 Å². The van der Waals surface area contributed by atoms with E-state index in [9.17, 15) is 9.18 Å². The topological polar surface area (TPSA) is 17.1 Å². The highest BCUT2D eigenvalue weighted by Gasteiger charge is 2.16. The third-order valence-corrected chi connectivity index (χ3v) is 3.99. The van der Waals surface area contributed by atoms with E-state index < -0.39 is 0 Å². The summed E-state index contributed by atoms with van der Waals surface area (Å²) in [6.45, 7) is 1.84. The van der Waals surface area contributed by atoms with Crippen LogP contribution in [-0.2, 0) is 0 Å². The minimum atomic E-state index is -0.277. The van der Waals surface area contributed by atoms with Crippen LogP contribution in [0.25, 0.3) is 0 Å². The third kappa shape index (κ3) is 3.82. The van der Waals surface area contributed by atoms with Gasteiger partial charge in [0.2, 0.25) is 0 Å². The molecule has 0 aliphatic rings. The van der Waals surface area contributed by atoms with Crippen molar-refractivity contribution in [3.05, 3.63) is 64.9 Å². The molecule has 0 heterocycles. The Hall–Kier alpha value is -1.32. The molecule has 0 fully saturated rings. The zero-order valence-corrected chi connectivity index (χ0v) is 11.8. The first kappa shape index (κ1) is 14.1. The van der Waals surface area contributed by atoms with Crippen LogP contribution in [0.2, 0.25) is 5.02 Å². The maximum Gasteiger partial charge on any atom is 0.175 e. The van der Waals surface area contributed by atoms with Crippen molar-refractivity contribution in [2.75, 3.05) is 0 Å². The van der Waals surface area contributed by atoms with Crippen LogP contribution in [0.1, 0.15) is 17.3 Å². The number of hydrogen-bond acceptors (Lipinski definition) is 2. The van der Waals surface area contributed by atoms with Crippen molar-refractivity contribution in [2.24, 2.45) is 0 Å². The lowest BCUT2D eigenvalue weighted by molar-refractivity contribution is 0.0994. The number of benzene rings is 2. The van der Waals surface area contributed by atoms with Gasteiger partial charge in [0.15, 0.2) is 5.78 Å². The van der Waals surface area contributed by atoms with Gasteiger partial charge in [0.05, 0.1) is 5.25 Å². The Balaban J connectivity index is 2.07. The quantitative estimate of drug-likeness (QED) is 0.593. The van der Waals surface area contributed by atoms with Gasteiger partial charge in [-0.15, -0.1) is 11.8 Å². The molecule has 4 heteroatoms. The lowest BCUT2D eigenvalue weighted by Gasteiger charge is -2.10. The van der Waals surface area contributed by atoms with Gasteiger partial charge in [-0.1, -0.05) is 11.6 Å². The summed E-state index contributed by atoms with van der Waals surface area (Å²) >= 11 is 7.20. The average molecular weight is 295 g/mol. The Morgan fingerprint density at radius 1 is 1.11 bits per heavy atom. The smallest absolute Gasteiger partial charge is 0.175 e. The number of hydrogen-bond donors (Lipinski definition) is 0. The maximum atomic E-state index is 12.8. The number of halogens is 2. The molecule has 2 aromatic rings. The van der Waals surface area contributed by atoms with E-state index in [4.69, 9.17) is 11.6 Å². The molecule has 1 nitrogen and oxygen atoms in total. The van der Waals surface area contributed by atoms with Gasteiger partial charge in [-0.2, -0.15) is 0 Å². The number of carbonyl (C=O) groups is 1. The minimum Gasteiger partial charge on any atom is -0.293 e. The van der Waals surface area contributed by atoms with Crippen LogP contribution in [0.15, 0.2) is 53.4 Å². The molecule has 1 unspecified atom stereocenters. The number of Topliss-reactive ketones (excluding diaryl/α,β-unsaturated/α-hetero) is 1. The molecule has 0 bridgehead atoms. The highest BCUT2D eigenvalue weighted by atomic mass is 35.5. The molecule has 1 atom stereocenters. The van der Waals surface area contributed by atoms with E-state index in [1.807, 2.05) is 6.92 Å². The Labute approximate surface area is 120 Å². The van der Waals surface area contributed by atoms with E-state index in [1.165, 1.54) is 23.9 Å². The predicted octanol–water partition coefficient (Wildman–Crippen LogP) is 4.84. The van der Waals surface area contributed by atoms with Gasteiger partial charge in [0.1, 0.15) is 5.82 Å². The second-order valence-electron chi connectivity index (χ2n) is 4.09. The molecule has 0 N–H and O–H groups in total. The Morgan fingerprint density at radius 2 is 1.68 bits per heavy atom. The highest BCUT2D eigenvalue weighted by molar-refractivity contribution is 8.00. The average Bonchev–Trinajstić information content (AvgIpc) is 2.41. The van der Waals surface area contributed by atoms with Crippen molar-refractivity contribution in [1.82, 2.24) is 0 Å². The summed E-state index contributed by atoms with van der Waals surface area (Å²) in [7, 11) is 0. The van der Waals surface area contributed by atoms with Crippen LogP contribution < -0.4 is 0 Å². The van der Waals surface area contributed by atoms with Crippen LogP contribution in [0.3, 0.4) is 0 Å². The van der Waals surface area contributed by atoms with Crippen LogP contribution in [0.5, 0.6) is 0 Å². The lowest BCUT2D eigenvalue weighted by Crippen LogP contribution is -2.13. The van der Waals surface area contributed by atoms with E-state index in [1.54, 1.807) is 36.4 Å². The number of carbonyl (C=O) groups excluding carboxylic acids is 1. The number of thioether (sulfide) groups is 1. The van der Waals surface area contributed by atoms with E-state index in [2.05, 4.69) is 0 Å². The van der Waals surface area contributed by atoms with E-state index in [0.29, 0.717) is 10.6 Å². The molecule has 19 heavy (non-hydrogen) atoms. The Morgan fingerprint density at radius 3 is 2.26 bits per heavy atom. The summed E-state index contributed by atoms with van der Waals surface area (Å²) in [6.07, 6.45) is 0. The summed E-state index contributed by atoms with van der Waals surface area (Å²) in [5, 5.41) is 0.377. The second-order valence-corrected chi connectivity index (χ2v) is 5.94. The van der Waals surface area contributed by atoms with Crippen molar-refractivity contribution in [3.63, 3.8) is 0 Å². The molecule has 0 aromatic heterocycles. The SMILES string of the molecule is CC(Sc1ccc(F)cc1)C(=O)c1ccc(Cl)cc1. The zero-order valence-electron chi connectivity index (χ0n) is 10.3. The monoisotopic (exact) mass is 294 g/mol. The maximum absolute atomic E-state index is 12.8. The summed E-state index contributed by atoms with van der Waals surface area (Å²) in [5.74, 6) is -0.243. The van der Waals surface area contributed by atoms with Crippen molar-refractivity contribution in [3.8, 4) is 0 Å². The molecular formula is C15H12ClFOS. The standard InChI is InChI=1S/C15H12ClFOS/c1-10(19-14-8-6-13(17)7-9-14)15(18)11-2-4-12(16)5-3-11/h2-10H,1H3. The summed E-state index contributed by atoms with van der Waals surface area (Å²) < 4.78 is 12.8. The summed E-state index contributed by atoms with van der Waals surface area (Å²) in [6, 6.07) is 13.0. The van der Waals surface area contributed by atoms with Crippen molar-refractivity contribution in [2.45, 2.75) is 17.1 Å². The molecule has 0 aliphatic carbocycles. The fourth-order valence-corrected chi connectivity index (χ4v) is 2.69. The molecule has 2 rings (SSSR count). The summed E-state index contributed by atoms with van der Waals surface area (Å²) in [5.41, 5.74) is 0.631. The van der Waals surface area contributed by atoms with Crippen LogP contribution in [-0.4, -0.2) is 11.0 Å². The molecule has 2 aromatic carbocycles. The number of ketones is 1. The first-order chi connectivity index (χ1) is 9.06. The first-order valence-electron chi connectivity index (χ1n) is 5.78. The second kappa shape index (κ2) is 6.22. The molecule has 0 saturated heterocycles. The van der Waals surface area contributed by atoms with Crippen molar-refractivity contribution in [1.29, 1.82) is 0 Å². The van der Waals surface area contributed by atoms with Crippen molar-refractivity contribution >= 4 is 29.1 Å². The fourth-order valence-electron chi connectivity index (χ4n) is 1.62. The molecular weight excluding hydrogens is 283 g/mol. The zero-order chi connectivity index (χ0) is 13.8. The van der Waals surface area contributed by atoms with Crippen LogP contribution in [0.4, 0.5) is 4.39 Å². The Kier molecular flexibility index (Phi) is 4.61. The van der Waals surface area contributed by atoms with E-state index in [-0.39, 0.29) is 16.9 Å². The molecule has 0 aliphatic heterocycles. The van der Waals surface area contributed by atoms with Gasteiger partial charge in [-0.3, -0.25) is 4.79 Å². The predicted molar refractivity (Wildman–Crippen MR) is 77.5 cm³/mol. The van der Waals surface area contributed by atoms with Gasteiger partial charge >= 0.3 is 0 Å². The van der Waals surface area contributed by atoms with Gasteiger partial charge in [-0.05, 0) is 55.5 Å². The lowest BCUT2D eigenvalue weighted by atomic mass is 10.1. The van der Waals surface area contributed by atoms with Crippen LogP contribution >= 0.6 is 23.4 Å². The van der Waals surface area contributed by atoms with E-state index in [0.717, 1.165) is 4.90 Å². The van der Waals surface area contributed by atoms with Gasteiger partial charge in [0, 0.05) is 15.5 Å². The first-order valence-corrected chi connectivity index (χ1v) is 7.04. The van der Waals surface area contributed by atoms with Crippen molar-refractivity contribution < 1.29 is 9.18 Å². The van der Waals surface area contributed by atoms with Gasteiger partial charge < -0.3 is 0 Å².